The molecule has 112 valence electrons. The van der Waals surface area contributed by atoms with Crippen LogP contribution in [-0.4, -0.2) is 6.10 Å². The highest BCUT2D eigenvalue weighted by Gasteiger charge is 2.08. The Morgan fingerprint density at radius 3 is 2.24 bits per heavy atom. The van der Waals surface area contributed by atoms with Crippen molar-refractivity contribution in [2.45, 2.75) is 40.0 Å². The Hall–Kier alpha value is -1.64. The van der Waals surface area contributed by atoms with Crippen molar-refractivity contribution in [2.24, 2.45) is 11.7 Å². The van der Waals surface area contributed by atoms with Gasteiger partial charge in [-0.25, -0.2) is 0 Å². The summed E-state index contributed by atoms with van der Waals surface area (Å²) >= 11 is 0. The van der Waals surface area contributed by atoms with Crippen LogP contribution >= 0.6 is 0 Å². The lowest BCUT2D eigenvalue weighted by atomic mass is 9.99. The van der Waals surface area contributed by atoms with Gasteiger partial charge in [0.2, 0.25) is 0 Å². The van der Waals surface area contributed by atoms with Crippen LogP contribution in [-0.2, 0) is 17.9 Å². The van der Waals surface area contributed by atoms with Crippen molar-refractivity contribution in [3.63, 3.8) is 0 Å². The Bertz CT molecular complexity index is 560. The molecule has 2 rings (SSSR count). The van der Waals surface area contributed by atoms with E-state index >= 15 is 0 Å². The van der Waals surface area contributed by atoms with Gasteiger partial charge < -0.3 is 10.5 Å². The van der Waals surface area contributed by atoms with Crippen LogP contribution in [0.1, 0.15) is 31.9 Å². The standard InChI is InChI=1S/C19H25NO/c1-14(2)15(3)21-13-16-8-10-17(11-9-16)19-7-5-4-6-18(19)12-20/h4-11,14-15H,12-13,20H2,1-3H3. The molecule has 0 aromatic heterocycles. The van der Waals surface area contributed by atoms with Gasteiger partial charge in [0.25, 0.3) is 0 Å². The predicted molar refractivity (Wildman–Crippen MR) is 88.9 cm³/mol. The van der Waals surface area contributed by atoms with E-state index in [4.69, 9.17) is 10.5 Å². The van der Waals surface area contributed by atoms with Crippen LogP contribution < -0.4 is 5.73 Å². The highest BCUT2D eigenvalue weighted by atomic mass is 16.5. The van der Waals surface area contributed by atoms with E-state index in [0.717, 1.165) is 0 Å². The van der Waals surface area contributed by atoms with Crippen LogP contribution in [0.3, 0.4) is 0 Å². The van der Waals surface area contributed by atoms with Crippen LogP contribution in [0.2, 0.25) is 0 Å². The first kappa shape index (κ1) is 15.7. The minimum Gasteiger partial charge on any atom is -0.374 e. The molecule has 21 heavy (non-hydrogen) atoms. The van der Waals surface area contributed by atoms with E-state index in [9.17, 15) is 0 Å². The quantitative estimate of drug-likeness (QED) is 0.854. The van der Waals surface area contributed by atoms with E-state index in [1.54, 1.807) is 0 Å². The highest BCUT2D eigenvalue weighted by molar-refractivity contribution is 5.67. The molecule has 2 aromatic carbocycles. The van der Waals surface area contributed by atoms with Crippen LogP contribution in [0.5, 0.6) is 0 Å². The zero-order chi connectivity index (χ0) is 15.2. The first-order valence-electron chi connectivity index (χ1n) is 7.60. The molecule has 0 bridgehead atoms. The maximum atomic E-state index is 5.86. The number of benzene rings is 2. The molecule has 0 spiro atoms. The van der Waals surface area contributed by atoms with Crippen molar-refractivity contribution in [1.82, 2.24) is 0 Å². The molecule has 0 radical (unpaired) electrons. The Morgan fingerprint density at radius 1 is 0.952 bits per heavy atom. The van der Waals surface area contributed by atoms with Crippen molar-refractivity contribution < 1.29 is 4.74 Å². The molecule has 0 aliphatic carbocycles. The second-order valence-electron chi connectivity index (χ2n) is 5.82. The Labute approximate surface area is 127 Å². The van der Waals surface area contributed by atoms with E-state index < -0.39 is 0 Å². The summed E-state index contributed by atoms with van der Waals surface area (Å²) in [4.78, 5) is 0. The van der Waals surface area contributed by atoms with Gasteiger partial charge in [-0.1, -0.05) is 62.4 Å². The number of hydrogen-bond donors (Lipinski definition) is 1. The molecule has 1 atom stereocenters. The third-order valence-corrected chi connectivity index (χ3v) is 3.95. The predicted octanol–water partition coefficient (Wildman–Crippen LogP) is 4.37. The van der Waals surface area contributed by atoms with Crippen molar-refractivity contribution in [3.05, 3.63) is 59.7 Å². The fraction of sp³-hybridized carbons (Fsp3) is 0.368. The van der Waals surface area contributed by atoms with Crippen LogP contribution in [0.15, 0.2) is 48.5 Å². The molecule has 0 aliphatic heterocycles. The monoisotopic (exact) mass is 283 g/mol. The molecule has 2 N–H and O–H groups in total. The lowest BCUT2D eigenvalue weighted by Crippen LogP contribution is -2.14. The fourth-order valence-electron chi connectivity index (χ4n) is 2.18. The maximum Gasteiger partial charge on any atom is 0.0720 e. The first-order chi connectivity index (χ1) is 10.1. The Morgan fingerprint density at radius 2 is 1.62 bits per heavy atom. The first-order valence-corrected chi connectivity index (χ1v) is 7.60. The third kappa shape index (κ3) is 4.16. The van der Waals surface area contributed by atoms with Crippen LogP contribution in [0.4, 0.5) is 0 Å². The normalized spacial score (nSPS) is 12.6. The Balaban J connectivity index is 2.08. The molecule has 2 nitrogen and oxygen atoms in total. The molecule has 0 amide bonds. The zero-order valence-electron chi connectivity index (χ0n) is 13.2. The summed E-state index contributed by atoms with van der Waals surface area (Å²) in [5.41, 5.74) is 10.6. The minimum absolute atomic E-state index is 0.280. The van der Waals surface area contributed by atoms with E-state index in [1.165, 1.54) is 22.3 Å². The second-order valence-corrected chi connectivity index (χ2v) is 5.82. The van der Waals surface area contributed by atoms with Crippen LogP contribution in [0, 0.1) is 5.92 Å². The molecule has 2 heteroatoms. The lowest BCUT2D eigenvalue weighted by molar-refractivity contribution is 0.0235. The number of rotatable bonds is 6. The fourth-order valence-corrected chi connectivity index (χ4v) is 2.18. The molecular weight excluding hydrogens is 258 g/mol. The number of ether oxygens (including phenoxy) is 1. The molecular formula is C19H25NO. The van der Waals surface area contributed by atoms with E-state index in [-0.39, 0.29) is 6.10 Å². The molecule has 0 saturated heterocycles. The van der Waals surface area contributed by atoms with Gasteiger partial charge in [0.05, 0.1) is 12.7 Å². The summed E-state index contributed by atoms with van der Waals surface area (Å²) in [6, 6.07) is 16.8. The van der Waals surface area contributed by atoms with Gasteiger partial charge in [-0.2, -0.15) is 0 Å². The lowest BCUT2D eigenvalue weighted by Gasteiger charge is -2.16. The SMILES string of the molecule is CC(C)C(C)OCc1ccc(-c2ccccc2CN)cc1. The molecule has 0 heterocycles. The smallest absolute Gasteiger partial charge is 0.0720 e. The summed E-state index contributed by atoms with van der Waals surface area (Å²) in [5.74, 6) is 0.542. The van der Waals surface area contributed by atoms with Gasteiger partial charge in [0, 0.05) is 6.54 Å². The van der Waals surface area contributed by atoms with Gasteiger partial charge in [0.1, 0.15) is 0 Å². The van der Waals surface area contributed by atoms with Gasteiger partial charge in [-0.3, -0.25) is 0 Å². The maximum absolute atomic E-state index is 5.86. The molecule has 0 aliphatic rings. The highest BCUT2D eigenvalue weighted by Crippen LogP contribution is 2.24. The topological polar surface area (TPSA) is 35.2 Å². The van der Waals surface area contributed by atoms with Crippen LogP contribution in [0.25, 0.3) is 11.1 Å². The van der Waals surface area contributed by atoms with Crippen molar-refractivity contribution in [1.29, 1.82) is 0 Å². The van der Waals surface area contributed by atoms with Gasteiger partial charge >= 0.3 is 0 Å². The third-order valence-electron chi connectivity index (χ3n) is 3.95. The number of hydrogen-bond acceptors (Lipinski definition) is 2. The summed E-state index contributed by atoms with van der Waals surface area (Å²) in [5, 5.41) is 0. The average Bonchev–Trinajstić information content (AvgIpc) is 2.53. The zero-order valence-corrected chi connectivity index (χ0v) is 13.2. The van der Waals surface area contributed by atoms with Gasteiger partial charge in [-0.05, 0) is 35.1 Å². The van der Waals surface area contributed by atoms with E-state index in [0.29, 0.717) is 19.1 Å². The summed E-state index contributed by atoms with van der Waals surface area (Å²) in [7, 11) is 0. The molecule has 1 unspecified atom stereocenters. The molecule has 0 fully saturated rings. The van der Waals surface area contributed by atoms with Crippen molar-refractivity contribution in [2.75, 3.05) is 0 Å². The largest absolute Gasteiger partial charge is 0.374 e. The number of nitrogens with two attached hydrogens (primary N) is 1. The minimum atomic E-state index is 0.280. The van der Waals surface area contributed by atoms with Gasteiger partial charge in [-0.15, -0.1) is 0 Å². The molecule has 2 aromatic rings. The van der Waals surface area contributed by atoms with E-state index in [2.05, 4.69) is 63.2 Å². The summed E-state index contributed by atoms with van der Waals surface area (Å²) < 4.78 is 5.86. The Kier molecular flexibility index (Phi) is 5.54. The van der Waals surface area contributed by atoms with Crippen molar-refractivity contribution in [3.8, 4) is 11.1 Å². The van der Waals surface area contributed by atoms with Crippen molar-refractivity contribution >= 4 is 0 Å². The second kappa shape index (κ2) is 7.39. The van der Waals surface area contributed by atoms with Gasteiger partial charge in [0.15, 0.2) is 0 Å². The summed E-state index contributed by atoms with van der Waals surface area (Å²) in [6.07, 6.45) is 0.280. The van der Waals surface area contributed by atoms with E-state index in [1.807, 2.05) is 6.07 Å². The molecule has 0 saturated carbocycles. The summed E-state index contributed by atoms with van der Waals surface area (Å²) in [6.45, 7) is 7.71. The average molecular weight is 283 g/mol.